The Hall–Kier alpha value is -5.11. The van der Waals surface area contributed by atoms with Crippen molar-refractivity contribution in [1.82, 2.24) is 4.90 Å². The van der Waals surface area contributed by atoms with E-state index in [-0.39, 0.29) is 28.1 Å². The number of rotatable bonds is 5. The lowest BCUT2D eigenvalue weighted by Gasteiger charge is -2.32. The number of benzene rings is 2. The monoisotopic (exact) mass is 498 g/mol. The normalized spacial score (nSPS) is 23.7. The molecule has 0 radical (unpaired) electrons. The fourth-order valence-corrected chi connectivity index (χ4v) is 5.25. The number of Topliss-reactive ketones (excluding diaryl/α,β-unsaturated/α-hetero) is 1. The van der Waals surface area contributed by atoms with Crippen molar-refractivity contribution in [2.24, 2.45) is 11.8 Å². The van der Waals surface area contributed by atoms with Gasteiger partial charge in [-0.1, -0.05) is 24.3 Å². The van der Waals surface area contributed by atoms with E-state index >= 15 is 0 Å². The van der Waals surface area contributed by atoms with Gasteiger partial charge in [-0.15, -0.1) is 0 Å². The van der Waals surface area contributed by atoms with Crippen molar-refractivity contribution in [3.63, 3.8) is 0 Å². The number of anilines is 1. The number of amides is 2. The molecule has 37 heavy (non-hydrogen) atoms. The third-order valence-electron chi connectivity index (χ3n) is 6.84. The topological polar surface area (TPSA) is 151 Å². The summed E-state index contributed by atoms with van der Waals surface area (Å²) in [6, 6.07) is 11.2. The number of nitrogens with zero attached hydrogens (tertiary/aromatic N) is 4. The first-order valence-corrected chi connectivity index (χ1v) is 11.2. The Kier molecular flexibility index (Phi) is 5.64. The summed E-state index contributed by atoms with van der Waals surface area (Å²) in [7, 11) is 1.18. The Bertz CT molecular complexity index is 1490. The molecular weight excluding hydrogens is 480 g/mol. The lowest BCUT2D eigenvalue weighted by atomic mass is 9.86. The first-order valence-electron chi connectivity index (χ1n) is 11.2. The lowest BCUT2D eigenvalue weighted by Crippen LogP contribution is -2.46. The number of fused-ring (bicyclic) bond motifs is 3. The molecule has 3 aliphatic rings. The van der Waals surface area contributed by atoms with Crippen molar-refractivity contribution in [1.29, 1.82) is 5.26 Å². The molecule has 0 aromatic heterocycles. The number of nitriles is 1. The third kappa shape index (κ3) is 3.58. The number of para-hydroxylation sites is 1. The van der Waals surface area contributed by atoms with Crippen LogP contribution in [0, 0.1) is 33.3 Å². The molecule has 11 nitrogen and oxygen atoms in total. The van der Waals surface area contributed by atoms with Crippen LogP contribution in [0.15, 0.2) is 72.5 Å². The number of nitro groups is 1. The van der Waals surface area contributed by atoms with Gasteiger partial charge in [-0.25, -0.2) is 9.69 Å². The van der Waals surface area contributed by atoms with E-state index in [0.29, 0.717) is 0 Å². The largest absolute Gasteiger partial charge is 0.465 e. The minimum Gasteiger partial charge on any atom is -0.465 e. The Morgan fingerprint density at radius 1 is 1.08 bits per heavy atom. The molecule has 0 saturated carbocycles. The molecule has 0 aliphatic carbocycles. The summed E-state index contributed by atoms with van der Waals surface area (Å²) in [5, 5.41) is 20.7. The predicted molar refractivity (Wildman–Crippen MR) is 127 cm³/mol. The van der Waals surface area contributed by atoms with Crippen molar-refractivity contribution in [3.8, 4) is 6.07 Å². The number of carbonyl (C=O) groups excluding carboxylic acids is 4. The number of ether oxygens (including phenoxy) is 1. The molecule has 184 valence electrons. The van der Waals surface area contributed by atoms with Crippen LogP contribution in [0.5, 0.6) is 0 Å². The highest BCUT2D eigenvalue weighted by Crippen LogP contribution is 2.47. The number of hydrogen-bond donors (Lipinski definition) is 0. The van der Waals surface area contributed by atoms with Gasteiger partial charge in [0.05, 0.1) is 52.8 Å². The summed E-state index contributed by atoms with van der Waals surface area (Å²) in [6.07, 6.45) is 4.50. The molecule has 0 N–H and O–H groups in total. The van der Waals surface area contributed by atoms with Crippen molar-refractivity contribution in [2.75, 3.05) is 12.0 Å². The van der Waals surface area contributed by atoms with Crippen LogP contribution >= 0.6 is 0 Å². The number of ketones is 1. The van der Waals surface area contributed by atoms with Crippen LogP contribution in [-0.4, -0.2) is 52.6 Å². The van der Waals surface area contributed by atoms with Crippen molar-refractivity contribution >= 4 is 34.9 Å². The number of imide groups is 1. The van der Waals surface area contributed by atoms with Crippen LogP contribution in [0.1, 0.15) is 20.7 Å². The smallest absolute Gasteiger partial charge is 0.339 e. The number of esters is 1. The zero-order chi connectivity index (χ0) is 26.4. The molecular formula is C26H18N4O7. The second-order valence-electron chi connectivity index (χ2n) is 8.68. The van der Waals surface area contributed by atoms with Crippen LogP contribution in [0.4, 0.5) is 11.4 Å². The quantitative estimate of drug-likeness (QED) is 0.199. The van der Waals surface area contributed by atoms with Gasteiger partial charge in [0.25, 0.3) is 5.69 Å². The molecule has 3 heterocycles. The number of carbonyl (C=O) groups is 4. The SMILES string of the molecule is COC(=O)c1ccccc1N1C(=O)[C@@H]2[C@H](C1=O)[C@@H]1C=C(C#N)C=CN1[C@@H]2C(=O)c1cccc([N+](=O)[O-])c1. The first-order chi connectivity index (χ1) is 17.8. The van der Waals surface area contributed by atoms with Gasteiger partial charge in [0.1, 0.15) is 6.04 Å². The molecule has 3 aliphatic heterocycles. The Labute approximate surface area is 210 Å². The van der Waals surface area contributed by atoms with Crippen molar-refractivity contribution < 1.29 is 28.8 Å². The maximum absolute atomic E-state index is 13.8. The molecule has 2 amide bonds. The van der Waals surface area contributed by atoms with Gasteiger partial charge < -0.3 is 9.64 Å². The van der Waals surface area contributed by atoms with E-state index < -0.39 is 52.4 Å². The summed E-state index contributed by atoms with van der Waals surface area (Å²) >= 11 is 0. The fourth-order valence-electron chi connectivity index (χ4n) is 5.25. The number of allylic oxidation sites excluding steroid dienone is 2. The highest BCUT2D eigenvalue weighted by atomic mass is 16.6. The van der Waals surface area contributed by atoms with Crippen molar-refractivity contribution in [3.05, 3.63) is 93.7 Å². The molecule has 0 spiro atoms. The summed E-state index contributed by atoms with van der Waals surface area (Å²) in [5.41, 5.74) is 0.0117. The molecule has 2 aromatic rings. The first kappa shape index (κ1) is 23.6. The Morgan fingerprint density at radius 3 is 2.51 bits per heavy atom. The second kappa shape index (κ2) is 8.83. The molecule has 4 atom stereocenters. The van der Waals surface area contributed by atoms with Crippen LogP contribution in [0.25, 0.3) is 0 Å². The summed E-state index contributed by atoms with van der Waals surface area (Å²) in [4.78, 5) is 66.8. The standard InChI is InChI=1S/C26H18N4O7/c1-37-26(34)17-7-2-3-8-18(17)29-24(32)20-19-11-14(13-27)9-10-28(19)22(21(20)25(29)33)23(31)15-5-4-6-16(12-15)30(35)36/h2-12,19-22H,1H3/t19-,20+,21+,22-/m0/s1. The van der Waals surface area contributed by atoms with Gasteiger partial charge in [0.2, 0.25) is 11.8 Å². The summed E-state index contributed by atoms with van der Waals surface area (Å²) < 4.78 is 4.80. The van der Waals surface area contributed by atoms with Crippen molar-refractivity contribution in [2.45, 2.75) is 12.1 Å². The minimum absolute atomic E-state index is 0.00175. The van der Waals surface area contributed by atoms with E-state index in [1.165, 1.54) is 55.8 Å². The van der Waals surface area contributed by atoms with E-state index in [1.807, 2.05) is 6.07 Å². The Balaban J connectivity index is 1.63. The molecule has 0 bridgehead atoms. The Morgan fingerprint density at radius 2 is 1.81 bits per heavy atom. The molecule has 2 saturated heterocycles. The highest BCUT2D eigenvalue weighted by molar-refractivity contribution is 6.26. The third-order valence-corrected chi connectivity index (χ3v) is 6.84. The van der Waals surface area contributed by atoms with Crippen LogP contribution in [0.3, 0.4) is 0 Å². The average Bonchev–Trinajstić information content (AvgIpc) is 3.39. The highest BCUT2D eigenvalue weighted by Gasteiger charge is 2.63. The molecule has 0 unspecified atom stereocenters. The van der Waals surface area contributed by atoms with Gasteiger partial charge in [-0.05, 0) is 24.3 Å². The number of non-ortho nitro benzene ring substituents is 1. The van der Waals surface area contributed by atoms with Gasteiger partial charge in [-0.2, -0.15) is 5.26 Å². The van der Waals surface area contributed by atoms with E-state index in [0.717, 1.165) is 11.0 Å². The lowest BCUT2D eigenvalue weighted by molar-refractivity contribution is -0.384. The molecule has 2 fully saturated rings. The molecule has 2 aromatic carbocycles. The van der Waals surface area contributed by atoms with Gasteiger partial charge in [0, 0.05) is 23.9 Å². The molecule has 5 rings (SSSR count). The summed E-state index contributed by atoms with van der Waals surface area (Å²) in [6.45, 7) is 0. The fraction of sp³-hybridized carbons (Fsp3) is 0.192. The predicted octanol–water partition coefficient (Wildman–Crippen LogP) is 2.40. The number of nitro benzene ring substituents is 1. The average molecular weight is 498 g/mol. The van der Waals surface area contributed by atoms with Gasteiger partial charge >= 0.3 is 5.97 Å². The maximum Gasteiger partial charge on any atom is 0.339 e. The zero-order valence-corrected chi connectivity index (χ0v) is 19.3. The maximum atomic E-state index is 13.8. The van der Waals surface area contributed by atoms with Crippen LogP contribution in [-0.2, 0) is 14.3 Å². The summed E-state index contributed by atoms with van der Waals surface area (Å²) in [5.74, 6) is -4.83. The number of hydrogen-bond acceptors (Lipinski definition) is 9. The van der Waals surface area contributed by atoms with E-state index in [4.69, 9.17) is 4.74 Å². The van der Waals surface area contributed by atoms with E-state index in [1.54, 1.807) is 17.0 Å². The minimum atomic E-state index is -1.17. The van der Waals surface area contributed by atoms with Crippen LogP contribution < -0.4 is 4.90 Å². The zero-order valence-electron chi connectivity index (χ0n) is 19.3. The van der Waals surface area contributed by atoms with Gasteiger partial charge in [0.15, 0.2) is 5.78 Å². The van der Waals surface area contributed by atoms with Crippen LogP contribution in [0.2, 0.25) is 0 Å². The molecule has 11 heteroatoms. The second-order valence-corrected chi connectivity index (χ2v) is 8.68. The van der Waals surface area contributed by atoms with E-state index in [2.05, 4.69) is 0 Å². The van der Waals surface area contributed by atoms with E-state index in [9.17, 15) is 34.6 Å². The van der Waals surface area contributed by atoms with Gasteiger partial charge in [-0.3, -0.25) is 24.5 Å². The number of methoxy groups -OCH3 is 1.